The van der Waals surface area contributed by atoms with Gasteiger partial charge in [0.15, 0.2) is 0 Å². The highest BCUT2D eigenvalue weighted by Crippen LogP contribution is 2.34. The molecule has 0 radical (unpaired) electrons. The van der Waals surface area contributed by atoms with Crippen molar-refractivity contribution in [2.45, 2.75) is 13.1 Å². The van der Waals surface area contributed by atoms with E-state index in [2.05, 4.69) is 10.2 Å². The Morgan fingerprint density at radius 2 is 1.88 bits per heavy atom. The van der Waals surface area contributed by atoms with Gasteiger partial charge in [0.05, 0.1) is 11.1 Å². The van der Waals surface area contributed by atoms with E-state index in [0.717, 1.165) is 23.8 Å². The van der Waals surface area contributed by atoms with Crippen molar-refractivity contribution in [3.63, 3.8) is 0 Å². The summed E-state index contributed by atoms with van der Waals surface area (Å²) in [6.07, 6.45) is -4.54. The molecule has 3 aromatic rings. The average Bonchev–Trinajstić information content (AvgIpc) is 2.54. The minimum atomic E-state index is -4.54. The number of carbonyl (C=O) groups is 1. The Bertz CT molecular complexity index is 971. The molecule has 128 valence electrons. The normalized spacial score (nSPS) is 11.5. The molecule has 1 aromatic heterocycles. The molecule has 0 bridgehead atoms. The average molecular weight is 348 g/mol. The highest BCUT2D eigenvalue weighted by atomic mass is 19.4. The summed E-state index contributed by atoms with van der Waals surface area (Å²) in [5.74, 6) is -1.87. The molecule has 5 nitrogen and oxygen atoms in total. The standard InChI is InChI=1S/C17H11F3N2O3/c1-9-5-6-12-13(7-9)21-22-15(14(12)16(23)24)25-11-4-2-3-10(8-11)17(18,19)20/h2-8H,1H3,(H,23,24). The number of aromatic nitrogens is 2. The van der Waals surface area contributed by atoms with Crippen molar-refractivity contribution in [2.75, 3.05) is 0 Å². The number of carboxylic acid groups (broad SMARTS) is 1. The predicted molar refractivity (Wildman–Crippen MR) is 82.8 cm³/mol. The lowest BCUT2D eigenvalue weighted by Gasteiger charge is -2.11. The first-order chi connectivity index (χ1) is 11.8. The van der Waals surface area contributed by atoms with E-state index in [4.69, 9.17) is 4.74 Å². The van der Waals surface area contributed by atoms with Gasteiger partial charge < -0.3 is 9.84 Å². The van der Waals surface area contributed by atoms with Gasteiger partial charge in [-0.2, -0.15) is 13.2 Å². The third kappa shape index (κ3) is 3.37. The fourth-order valence-corrected chi connectivity index (χ4v) is 2.33. The molecule has 0 atom stereocenters. The van der Waals surface area contributed by atoms with Gasteiger partial charge in [-0.15, -0.1) is 10.2 Å². The summed E-state index contributed by atoms with van der Waals surface area (Å²) < 4.78 is 43.6. The Kier molecular flexibility index (Phi) is 4.03. The second-order valence-corrected chi connectivity index (χ2v) is 5.33. The van der Waals surface area contributed by atoms with Crippen LogP contribution in [0.1, 0.15) is 21.5 Å². The summed E-state index contributed by atoms with van der Waals surface area (Å²) in [5.41, 5.74) is 0.0483. The first kappa shape index (κ1) is 16.7. The zero-order chi connectivity index (χ0) is 18.2. The first-order valence-corrected chi connectivity index (χ1v) is 7.11. The molecular weight excluding hydrogens is 337 g/mol. The molecule has 0 saturated heterocycles. The third-order valence-corrected chi connectivity index (χ3v) is 3.47. The van der Waals surface area contributed by atoms with Crippen molar-refractivity contribution in [2.24, 2.45) is 0 Å². The van der Waals surface area contributed by atoms with Gasteiger partial charge in [-0.25, -0.2) is 4.79 Å². The zero-order valence-electron chi connectivity index (χ0n) is 12.8. The first-order valence-electron chi connectivity index (χ1n) is 7.11. The molecule has 0 saturated carbocycles. The van der Waals surface area contributed by atoms with E-state index >= 15 is 0 Å². The predicted octanol–water partition coefficient (Wildman–Crippen LogP) is 4.45. The number of rotatable bonds is 3. The van der Waals surface area contributed by atoms with Gasteiger partial charge >= 0.3 is 12.1 Å². The van der Waals surface area contributed by atoms with Gasteiger partial charge in [-0.3, -0.25) is 0 Å². The molecule has 0 fully saturated rings. The second-order valence-electron chi connectivity index (χ2n) is 5.33. The van der Waals surface area contributed by atoms with Crippen LogP contribution in [0.3, 0.4) is 0 Å². The number of aryl methyl sites for hydroxylation is 1. The van der Waals surface area contributed by atoms with Crippen molar-refractivity contribution in [3.05, 3.63) is 59.2 Å². The Balaban J connectivity index is 2.09. The lowest BCUT2D eigenvalue weighted by Crippen LogP contribution is -2.07. The molecule has 1 N–H and O–H groups in total. The summed E-state index contributed by atoms with van der Waals surface area (Å²) in [7, 11) is 0. The molecule has 8 heteroatoms. The van der Waals surface area contributed by atoms with E-state index in [1.165, 1.54) is 6.07 Å². The maximum absolute atomic E-state index is 12.8. The van der Waals surface area contributed by atoms with Gasteiger partial charge in [0.1, 0.15) is 11.3 Å². The molecule has 0 aliphatic heterocycles. The maximum atomic E-state index is 12.8. The van der Waals surface area contributed by atoms with Crippen LogP contribution in [0.5, 0.6) is 11.6 Å². The van der Waals surface area contributed by atoms with E-state index in [-0.39, 0.29) is 22.6 Å². The van der Waals surface area contributed by atoms with Crippen LogP contribution >= 0.6 is 0 Å². The van der Waals surface area contributed by atoms with Crippen molar-refractivity contribution < 1.29 is 27.8 Å². The highest BCUT2D eigenvalue weighted by Gasteiger charge is 2.31. The van der Waals surface area contributed by atoms with Crippen LogP contribution < -0.4 is 4.74 Å². The molecule has 1 heterocycles. The van der Waals surface area contributed by atoms with Crippen LogP contribution in [0.4, 0.5) is 13.2 Å². The summed E-state index contributed by atoms with van der Waals surface area (Å²) in [5, 5.41) is 17.4. The summed E-state index contributed by atoms with van der Waals surface area (Å²) in [6, 6.07) is 9.01. The number of hydrogen-bond acceptors (Lipinski definition) is 4. The number of carboxylic acids is 1. The van der Waals surface area contributed by atoms with Gasteiger partial charge in [0.2, 0.25) is 0 Å². The monoisotopic (exact) mass is 348 g/mol. The minimum Gasteiger partial charge on any atom is -0.477 e. The molecule has 25 heavy (non-hydrogen) atoms. The number of nitrogens with zero attached hydrogens (tertiary/aromatic N) is 2. The van der Waals surface area contributed by atoms with E-state index < -0.39 is 17.7 Å². The van der Waals surface area contributed by atoms with Crippen LogP contribution in [0.2, 0.25) is 0 Å². The van der Waals surface area contributed by atoms with Crippen molar-refractivity contribution in [3.8, 4) is 11.6 Å². The molecule has 0 unspecified atom stereocenters. The quantitative estimate of drug-likeness (QED) is 0.757. The lowest BCUT2D eigenvalue weighted by atomic mass is 10.1. The van der Waals surface area contributed by atoms with Gasteiger partial charge in [0, 0.05) is 5.39 Å². The second kappa shape index (κ2) is 6.04. The van der Waals surface area contributed by atoms with Crippen molar-refractivity contribution in [1.82, 2.24) is 10.2 Å². The molecule has 0 spiro atoms. The molecule has 0 amide bonds. The van der Waals surface area contributed by atoms with E-state index in [0.29, 0.717) is 5.52 Å². The number of halogens is 3. The van der Waals surface area contributed by atoms with Crippen LogP contribution in [-0.2, 0) is 6.18 Å². The number of hydrogen-bond donors (Lipinski definition) is 1. The lowest BCUT2D eigenvalue weighted by molar-refractivity contribution is -0.137. The van der Waals surface area contributed by atoms with Gasteiger partial charge in [0.25, 0.3) is 5.88 Å². The zero-order valence-corrected chi connectivity index (χ0v) is 12.8. The van der Waals surface area contributed by atoms with E-state index in [1.807, 2.05) is 6.92 Å². The van der Waals surface area contributed by atoms with Crippen molar-refractivity contribution in [1.29, 1.82) is 0 Å². The number of fused-ring (bicyclic) bond motifs is 1. The minimum absolute atomic E-state index is 0.182. The van der Waals surface area contributed by atoms with Gasteiger partial charge in [-0.1, -0.05) is 18.2 Å². The topological polar surface area (TPSA) is 72.3 Å². The highest BCUT2D eigenvalue weighted by molar-refractivity contribution is 6.04. The smallest absolute Gasteiger partial charge is 0.416 e. The number of aromatic carboxylic acids is 1. The van der Waals surface area contributed by atoms with Crippen LogP contribution in [0.25, 0.3) is 10.9 Å². The molecule has 0 aliphatic carbocycles. The van der Waals surface area contributed by atoms with Crippen LogP contribution in [-0.4, -0.2) is 21.3 Å². The Labute approximate surface area is 139 Å². The SMILES string of the molecule is Cc1ccc2c(C(=O)O)c(Oc3cccc(C(F)(F)F)c3)nnc2c1. The summed E-state index contributed by atoms with van der Waals surface area (Å²) >= 11 is 0. The molecule has 3 rings (SSSR count). The largest absolute Gasteiger partial charge is 0.477 e. The third-order valence-electron chi connectivity index (χ3n) is 3.47. The molecule has 0 aliphatic rings. The summed E-state index contributed by atoms with van der Waals surface area (Å²) in [6.45, 7) is 1.81. The van der Waals surface area contributed by atoms with E-state index in [9.17, 15) is 23.1 Å². The fraction of sp³-hybridized carbons (Fsp3) is 0.118. The van der Waals surface area contributed by atoms with Crippen LogP contribution in [0.15, 0.2) is 42.5 Å². The number of alkyl halides is 3. The van der Waals surface area contributed by atoms with E-state index in [1.54, 1.807) is 18.2 Å². The van der Waals surface area contributed by atoms with Crippen LogP contribution in [0, 0.1) is 6.92 Å². The van der Waals surface area contributed by atoms with Crippen molar-refractivity contribution >= 4 is 16.9 Å². The Hall–Kier alpha value is -3.16. The fourth-order valence-electron chi connectivity index (χ4n) is 2.33. The number of ether oxygens (including phenoxy) is 1. The molecule has 2 aromatic carbocycles. The Morgan fingerprint density at radius 3 is 2.56 bits per heavy atom. The number of benzene rings is 2. The molecular formula is C17H11F3N2O3. The maximum Gasteiger partial charge on any atom is 0.416 e. The Morgan fingerprint density at radius 1 is 1.12 bits per heavy atom. The summed E-state index contributed by atoms with van der Waals surface area (Å²) in [4.78, 5) is 11.6. The van der Waals surface area contributed by atoms with Gasteiger partial charge in [-0.05, 0) is 36.8 Å².